The first-order valence-electron chi connectivity index (χ1n) is 15.2. The average molecular weight is 544 g/mol. The van der Waals surface area contributed by atoms with Crippen molar-refractivity contribution < 1.29 is 19.4 Å². The Balaban J connectivity index is 1.71. The summed E-state index contributed by atoms with van der Waals surface area (Å²) in [6.45, 7) is 10.4. The number of fused-ring (bicyclic) bond motifs is 3. The lowest BCUT2D eigenvalue weighted by molar-refractivity contribution is 0.0697. The van der Waals surface area contributed by atoms with E-state index in [2.05, 4.69) is 56.5 Å². The van der Waals surface area contributed by atoms with Gasteiger partial charge in [-0.3, -0.25) is 0 Å². The van der Waals surface area contributed by atoms with Gasteiger partial charge in [-0.15, -0.1) is 0 Å². The second kappa shape index (κ2) is 14.2. The van der Waals surface area contributed by atoms with Gasteiger partial charge in [-0.05, 0) is 85.3 Å². The molecule has 1 aromatic heterocycles. The van der Waals surface area contributed by atoms with Crippen molar-refractivity contribution in [3.63, 3.8) is 0 Å². The Morgan fingerprint density at radius 1 is 0.725 bits per heavy atom. The van der Waals surface area contributed by atoms with Crippen LogP contribution in [0.25, 0.3) is 27.5 Å². The van der Waals surface area contributed by atoms with Gasteiger partial charge in [-0.25, -0.2) is 4.79 Å². The number of hydrogen-bond donors (Lipinski definition) is 1. The molecule has 40 heavy (non-hydrogen) atoms. The van der Waals surface area contributed by atoms with Crippen LogP contribution in [-0.2, 0) is 0 Å². The molecule has 2 atom stereocenters. The first kappa shape index (κ1) is 29.5. The second-order valence-electron chi connectivity index (χ2n) is 11.0. The maximum atomic E-state index is 11.4. The van der Waals surface area contributed by atoms with Crippen molar-refractivity contribution in [1.82, 2.24) is 4.57 Å². The molecule has 0 aliphatic rings. The highest BCUT2D eigenvalue weighted by atomic mass is 16.5. The van der Waals surface area contributed by atoms with Crippen molar-refractivity contribution in [2.75, 3.05) is 13.2 Å². The lowest BCUT2D eigenvalue weighted by Gasteiger charge is -2.16. The van der Waals surface area contributed by atoms with Crippen molar-refractivity contribution in [2.45, 2.75) is 79.1 Å². The Hall–Kier alpha value is -3.47. The number of benzene rings is 3. The molecule has 0 amide bonds. The standard InChI is InChI=1S/C35H45NO4/c1-5-9-11-25(7-3)23-39-29-17-19-33-31(21-29)32-22-30(40-24-26(8-4)12-10-6-2)18-20-34(32)36(33)28-15-13-27(14-16-28)35(37)38/h13-22,25-26H,5-12,23-24H2,1-4H3,(H,37,38). The van der Waals surface area contributed by atoms with Crippen molar-refractivity contribution in [2.24, 2.45) is 11.8 Å². The molecule has 0 saturated heterocycles. The van der Waals surface area contributed by atoms with Gasteiger partial charge < -0.3 is 19.1 Å². The van der Waals surface area contributed by atoms with Crippen LogP contribution in [0.5, 0.6) is 11.5 Å². The van der Waals surface area contributed by atoms with Crippen LogP contribution >= 0.6 is 0 Å². The zero-order chi connectivity index (χ0) is 28.5. The quantitative estimate of drug-likeness (QED) is 0.153. The third-order valence-corrected chi connectivity index (χ3v) is 8.14. The van der Waals surface area contributed by atoms with Crippen LogP contribution in [-0.4, -0.2) is 28.9 Å². The predicted octanol–water partition coefficient (Wildman–Crippen LogP) is 9.67. The fourth-order valence-electron chi connectivity index (χ4n) is 5.42. The van der Waals surface area contributed by atoms with Gasteiger partial charge in [0.1, 0.15) is 11.5 Å². The van der Waals surface area contributed by atoms with E-state index in [1.165, 1.54) is 38.5 Å². The molecule has 0 bridgehead atoms. The van der Waals surface area contributed by atoms with Crippen molar-refractivity contribution in [3.05, 3.63) is 66.2 Å². The molecule has 0 fully saturated rings. The summed E-state index contributed by atoms with van der Waals surface area (Å²) in [5, 5.41) is 11.6. The second-order valence-corrected chi connectivity index (χ2v) is 11.0. The summed E-state index contributed by atoms with van der Waals surface area (Å²) in [4.78, 5) is 11.4. The molecule has 3 aromatic carbocycles. The molecule has 0 spiro atoms. The van der Waals surface area contributed by atoms with Gasteiger partial charge >= 0.3 is 5.97 Å². The number of aromatic carboxylic acids is 1. The van der Waals surface area contributed by atoms with E-state index >= 15 is 0 Å². The molecule has 4 aromatic rings. The summed E-state index contributed by atoms with van der Waals surface area (Å²) < 4.78 is 14.8. The van der Waals surface area contributed by atoms with Crippen LogP contribution in [0.1, 0.15) is 89.4 Å². The number of nitrogens with zero attached hydrogens (tertiary/aromatic N) is 1. The third kappa shape index (κ3) is 6.99. The molecule has 0 saturated carbocycles. The number of rotatable bonds is 16. The van der Waals surface area contributed by atoms with Gasteiger partial charge in [0.25, 0.3) is 0 Å². The maximum Gasteiger partial charge on any atom is 0.335 e. The van der Waals surface area contributed by atoms with E-state index in [0.29, 0.717) is 11.8 Å². The largest absolute Gasteiger partial charge is 0.493 e. The van der Waals surface area contributed by atoms with E-state index < -0.39 is 5.97 Å². The number of carbonyl (C=O) groups is 1. The number of hydrogen-bond acceptors (Lipinski definition) is 3. The van der Waals surface area contributed by atoms with Crippen LogP contribution in [0.4, 0.5) is 0 Å². The number of unbranched alkanes of at least 4 members (excludes halogenated alkanes) is 2. The molecule has 0 aliphatic heterocycles. The highest BCUT2D eigenvalue weighted by molar-refractivity contribution is 6.10. The van der Waals surface area contributed by atoms with E-state index in [1.54, 1.807) is 12.1 Å². The minimum absolute atomic E-state index is 0.276. The molecule has 1 heterocycles. The van der Waals surface area contributed by atoms with Gasteiger partial charge in [-0.2, -0.15) is 0 Å². The summed E-state index contributed by atoms with van der Waals surface area (Å²) in [5.41, 5.74) is 3.30. The Morgan fingerprint density at radius 3 is 1.60 bits per heavy atom. The fraction of sp³-hybridized carbons (Fsp3) is 0.457. The van der Waals surface area contributed by atoms with E-state index in [-0.39, 0.29) is 5.56 Å². The zero-order valence-corrected chi connectivity index (χ0v) is 24.6. The Bertz CT molecular complexity index is 1310. The number of ether oxygens (including phenoxy) is 2. The van der Waals surface area contributed by atoms with Crippen LogP contribution in [0.3, 0.4) is 0 Å². The van der Waals surface area contributed by atoms with Crippen LogP contribution in [0.15, 0.2) is 60.7 Å². The smallest absolute Gasteiger partial charge is 0.335 e. The first-order valence-corrected chi connectivity index (χ1v) is 15.2. The van der Waals surface area contributed by atoms with Gasteiger partial charge in [0, 0.05) is 16.5 Å². The topological polar surface area (TPSA) is 60.7 Å². The maximum absolute atomic E-state index is 11.4. The zero-order valence-electron chi connectivity index (χ0n) is 24.6. The Labute approximate surface area is 239 Å². The monoisotopic (exact) mass is 543 g/mol. The van der Waals surface area contributed by atoms with Crippen LogP contribution < -0.4 is 9.47 Å². The fourth-order valence-corrected chi connectivity index (χ4v) is 5.42. The third-order valence-electron chi connectivity index (χ3n) is 8.14. The summed E-state index contributed by atoms with van der Waals surface area (Å²) in [7, 11) is 0. The van der Waals surface area contributed by atoms with Crippen molar-refractivity contribution in [1.29, 1.82) is 0 Å². The minimum Gasteiger partial charge on any atom is -0.493 e. The molecule has 5 heteroatoms. The lowest BCUT2D eigenvalue weighted by atomic mass is 10.0. The summed E-state index contributed by atoms with van der Waals surface area (Å²) in [6.07, 6.45) is 9.49. The number of carboxylic acids is 1. The van der Waals surface area contributed by atoms with E-state index in [1.807, 2.05) is 24.3 Å². The van der Waals surface area contributed by atoms with Crippen LogP contribution in [0, 0.1) is 11.8 Å². The summed E-state index contributed by atoms with van der Waals surface area (Å²) >= 11 is 0. The van der Waals surface area contributed by atoms with Crippen LogP contribution in [0.2, 0.25) is 0 Å². The van der Waals surface area contributed by atoms with Gasteiger partial charge in [0.15, 0.2) is 0 Å². The predicted molar refractivity (Wildman–Crippen MR) is 165 cm³/mol. The number of carboxylic acid groups (broad SMARTS) is 1. The molecule has 214 valence electrons. The molecule has 4 rings (SSSR count). The average Bonchev–Trinajstić information content (AvgIpc) is 3.30. The van der Waals surface area contributed by atoms with E-state index in [0.717, 1.165) is 65.0 Å². The molecule has 0 aliphatic carbocycles. The Kier molecular flexibility index (Phi) is 10.5. The SMILES string of the molecule is CCCCC(CC)COc1ccc2c(c1)c1cc(OCC(CC)CCCC)ccc1n2-c1ccc(C(=O)O)cc1. The highest BCUT2D eigenvalue weighted by Gasteiger charge is 2.16. The van der Waals surface area contributed by atoms with Gasteiger partial charge in [0.05, 0.1) is 29.8 Å². The molecule has 0 radical (unpaired) electrons. The molecule has 1 N–H and O–H groups in total. The molecule has 2 unspecified atom stereocenters. The molecular formula is C35H45NO4. The molecule has 5 nitrogen and oxygen atoms in total. The van der Waals surface area contributed by atoms with Crippen molar-refractivity contribution >= 4 is 27.8 Å². The van der Waals surface area contributed by atoms with Crippen molar-refractivity contribution in [3.8, 4) is 17.2 Å². The molecular weight excluding hydrogens is 498 g/mol. The minimum atomic E-state index is -0.925. The Morgan fingerprint density at radius 2 is 1.20 bits per heavy atom. The summed E-state index contributed by atoms with van der Waals surface area (Å²) in [6, 6.07) is 19.7. The van der Waals surface area contributed by atoms with E-state index in [9.17, 15) is 9.90 Å². The normalized spacial score (nSPS) is 13.0. The highest BCUT2D eigenvalue weighted by Crippen LogP contribution is 2.36. The lowest BCUT2D eigenvalue weighted by Crippen LogP contribution is -2.11. The number of aromatic nitrogens is 1. The van der Waals surface area contributed by atoms with Gasteiger partial charge in [0.2, 0.25) is 0 Å². The first-order chi connectivity index (χ1) is 19.5. The summed E-state index contributed by atoms with van der Waals surface area (Å²) in [5.74, 6) is 1.94. The van der Waals surface area contributed by atoms with E-state index in [4.69, 9.17) is 9.47 Å². The van der Waals surface area contributed by atoms with Gasteiger partial charge in [-0.1, -0.05) is 66.2 Å².